The largest absolute Gasteiger partial charge is 0.444 e. The van der Waals surface area contributed by atoms with Crippen LogP contribution in [0.1, 0.15) is 43.4 Å². The molecule has 158 valence electrons. The van der Waals surface area contributed by atoms with Crippen LogP contribution in [0.3, 0.4) is 0 Å². The number of rotatable bonds is 3. The smallest absolute Gasteiger partial charge is 0.330 e. The van der Waals surface area contributed by atoms with E-state index in [4.69, 9.17) is 15.2 Å². The highest BCUT2D eigenvalue weighted by molar-refractivity contribution is 5.99. The number of Topliss-reactive ketones (excluding diaryl/α,β-unsaturated/α-hetero) is 1. The Kier molecular flexibility index (Phi) is 5.07. The van der Waals surface area contributed by atoms with Crippen LogP contribution in [0.4, 0.5) is 0 Å². The number of ketones is 1. The molecule has 11 nitrogen and oxygen atoms in total. The van der Waals surface area contributed by atoms with E-state index in [0.717, 1.165) is 4.57 Å². The molecule has 1 unspecified atom stereocenters. The highest BCUT2D eigenvalue weighted by atomic mass is 16.5. The first-order chi connectivity index (χ1) is 14.3. The van der Waals surface area contributed by atoms with E-state index < -0.39 is 42.2 Å². The van der Waals surface area contributed by atoms with Gasteiger partial charge in [-0.15, -0.1) is 0 Å². The van der Waals surface area contributed by atoms with Crippen molar-refractivity contribution >= 4 is 5.78 Å². The molecule has 11 heteroatoms. The van der Waals surface area contributed by atoms with Crippen molar-refractivity contribution in [2.75, 3.05) is 6.61 Å². The second kappa shape index (κ2) is 7.56. The molecule has 1 saturated heterocycles. The maximum absolute atomic E-state index is 12.7. The summed E-state index contributed by atoms with van der Waals surface area (Å²) in [4.78, 5) is 39.9. The normalized spacial score (nSPS) is 28.9. The van der Waals surface area contributed by atoms with Crippen molar-refractivity contribution in [3.63, 3.8) is 0 Å². The predicted molar refractivity (Wildman–Crippen MR) is 99.5 cm³/mol. The minimum Gasteiger partial charge on any atom is -0.444 e. The topological polar surface area (TPSA) is 181 Å². The average molecular weight is 416 g/mol. The van der Waals surface area contributed by atoms with Crippen LogP contribution in [0.15, 0.2) is 38.6 Å². The van der Waals surface area contributed by atoms with Crippen LogP contribution in [0.2, 0.25) is 0 Å². The fraction of sp³-hybridized carbons (Fsp3) is 0.474. The van der Waals surface area contributed by atoms with E-state index in [2.05, 4.69) is 4.98 Å². The summed E-state index contributed by atoms with van der Waals surface area (Å²) in [5.41, 5.74) is 4.38. The number of carbonyl (C=O) groups excluding carboxylic acids is 1. The zero-order valence-corrected chi connectivity index (χ0v) is 15.8. The highest BCUT2D eigenvalue weighted by Gasteiger charge is 2.40. The molecule has 3 heterocycles. The van der Waals surface area contributed by atoms with E-state index in [1.165, 1.54) is 6.20 Å². The highest BCUT2D eigenvalue weighted by Crippen LogP contribution is 2.42. The fourth-order valence-electron chi connectivity index (χ4n) is 4.14. The number of nitrogens with zero attached hydrogens (tertiary/aromatic N) is 2. The molecule has 1 aromatic rings. The van der Waals surface area contributed by atoms with Crippen LogP contribution in [-0.2, 0) is 14.3 Å². The molecule has 0 bridgehead atoms. The van der Waals surface area contributed by atoms with E-state index >= 15 is 0 Å². The number of nitriles is 1. The van der Waals surface area contributed by atoms with Gasteiger partial charge < -0.3 is 25.4 Å². The summed E-state index contributed by atoms with van der Waals surface area (Å²) < 4.78 is 12.1. The molecule has 3 aliphatic rings. The number of nitrogens with two attached hydrogens (primary N) is 1. The Morgan fingerprint density at radius 1 is 1.33 bits per heavy atom. The van der Waals surface area contributed by atoms with Gasteiger partial charge in [-0.3, -0.25) is 19.1 Å². The maximum atomic E-state index is 12.7. The summed E-state index contributed by atoms with van der Waals surface area (Å²) in [7, 11) is 0. The molecule has 4 rings (SSSR count). The number of aromatic amines is 1. The standard InChI is InChI=1S/C19H20N4O7/c20-5-8-15(16-10(25)2-1-3-12(16)30-17(8)21)9-6-23(19(28)22-18(9)27)14-4-11(26)13(7-24)29-14/h6,11,13-15,24,26H,1-4,7,21H2,(H,22,27,28)/t11-,13+,14+,15?/m0/s1. The predicted octanol–water partition coefficient (Wildman–Crippen LogP) is -1.01. The molecule has 1 aliphatic carbocycles. The van der Waals surface area contributed by atoms with Gasteiger partial charge in [0.15, 0.2) is 5.78 Å². The second-order valence-electron chi connectivity index (χ2n) is 7.40. The Morgan fingerprint density at radius 3 is 2.77 bits per heavy atom. The number of carbonyl (C=O) groups is 1. The van der Waals surface area contributed by atoms with Gasteiger partial charge in [0.1, 0.15) is 29.7 Å². The van der Waals surface area contributed by atoms with Gasteiger partial charge in [-0.2, -0.15) is 5.26 Å². The van der Waals surface area contributed by atoms with E-state index in [1.807, 2.05) is 6.07 Å². The number of ether oxygens (including phenoxy) is 2. The Balaban J connectivity index is 1.86. The molecule has 1 aromatic heterocycles. The van der Waals surface area contributed by atoms with Crippen molar-refractivity contribution in [2.24, 2.45) is 5.73 Å². The molecular formula is C19H20N4O7. The fourth-order valence-corrected chi connectivity index (χ4v) is 4.14. The maximum Gasteiger partial charge on any atom is 0.330 e. The van der Waals surface area contributed by atoms with Crippen LogP contribution in [0.25, 0.3) is 0 Å². The zero-order chi connectivity index (χ0) is 21.6. The number of aliphatic hydroxyl groups is 2. The van der Waals surface area contributed by atoms with Crippen molar-refractivity contribution < 1.29 is 24.5 Å². The summed E-state index contributed by atoms with van der Waals surface area (Å²) in [6, 6.07) is 1.91. The lowest BCUT2D eigenvalue weighted by Gasteiger charge is -2.30. The Labute approximate surface area is 169 Å². The van der Waals surface area contributed by atoms with Gasteiger partial charge in [0.05, 0.1) is 18.6 Å². The van der Waals surface area contributed by atoms with Crippen LogP contribution < -0.4 is 17.0 Å². The summed E-state index contributed by atoms with van der Waals surface area (Å²) in [5, 5.41) is 28.9. The van der Waals surface area contributed by atoms with Gasteiger partial charge in [0, 0.05) is 36.6 Å². The number of H-pyrrole nitrogens is 1. The van der Waals surface area contributed by atoms with E-state index in [9.17, 15) is 29.9 Å². The molecule has 5 N–H and O–H groups in total. The van der Waals surface area contributed by atoms with E-state index in [-0.39, 0.29) is 41.2 Å². The summed E-state index contributed by atoms with van der Waals surface area (Å²) >= 11 is 0. The Morgan fingerprint density at radius 2 is 2.10 bits per heavy atom. The number of nitrogens with one attached hydrogen (secondary N) is 1. The number of aliphatic hydroxyl groups excluding tert-OH is 2. The third-order valence-corrected chi connectivity index (χ3v) is 5.61. The molecule has 30 heavy (non-hydrogen) atoms. The summed E-state index contributed by atoms with van der Waals surface area (Å²) in [5.74, 6) is -1.22. The van der Waals surface area contributed by atoms with Crippen molar-refractivity contribution in [1.29, 1.82) is 5.26 Å². The lowest BCUT2D eigenvalue weighted by Crippen LogP contribution is -2.37. The number of hydrogen-bond acceptors (Lipinski definition) is 9. The first kappa shape index (κ1) is 20.1. The third-order valence-electron chi connectivity index (χ3n) is 5.61. The first-order valence-corrected chi connectivity index (χ1v) is 9.49. The average Bonchev–Trinajstić information content (AvgIpc) is 3.08. The van der Waals surface area contributed by atoms with Crippen molar-refractivity contribution in [3.05, 3.63) is 55.4 Å². The van der Waals surface area contributed by atoms with Crippen LogP contribution in [0, 0.1) is 11.3 Å². The first-order valence-electron chi connectivity index (χ1n) is 9.49. The van der Waals surface area contributed by atoms with Crippen molar-refractivity contribution in [1.82, 2.24) is 9.55 Å². The molecule has 0 aromatic carbocycles. The van der Waals surface area contributed by atoms with Gasteiger partial charge >= 0.3 is 5.69 Å². The van der Waals surface area contributed by atoms with Gasteiger partial charge in [-0.05, 0) is 6.42 Å². The van der Waals surface area contributed by atoms with Crippen LogP contribution in [0.5, 0.6) is 0 Å². The minimum atomic E-state index is -1.08. The van der Waals surface area contributed by atoms with Crippen molar-refractivity contribution in [3.8, 4) is 6.07 Å². The SMILES string of the molecule is N#CC1=C(N)OC2=C(C(=O)CCC2)C1c1cn([C@H]2C[C@H](O)[C@@H](CO)O2)c(=O)[nH]c1=O. The van der Waals surface area contributed by atoms with E-state index in [0.29, 0.717) is 18.6 Å². The number of hydrogen-bond donors (Lipinski definition) is 4. The quantitative estimate of drug-likeness (QED) is 0.480. The minimum absolute atomic E-state index is 0.0142. The molecule has 1 fully saturated rings. The third kappa shape index (κ3) is 3.15. The molecule has 0 saturated carbocycles. The molecule has 0 radical (unpaired) electrons. The lowest BCUT2D eigenvalue weighted by molar-refractivity contribution is -0.116. The molecule has 0 amide bonds. The summed E-state index contributed by atoms with van der Waals surface area (Å²) in [6.45, 7) is -0.439. The van der Waals surface area contributed by atoms with Gasteiger partial charge in [-0.1, -0.05) is 0 Å². The lowest BCUT2D eigenvalue weighted by atomic mass is 9.78. The Hall–Kier alpha value is -3.20. The molecular weight excluding hydrogens is 396 g/mol. The van der Waals surface area contributed by atoms with Gasteiger partial charge in [0.25, 0.3) is 5.56 Å². The van der Waals surface area contributed by atoms with Crippen LogP contribution in [-0.4, -0.2) is 44.4 Å². The monoisotopic (exact) mass is 416 g/mol. The molecule has 4 atom stereocenters. The van der Waals surface area contributed by atoms with Crippen molar-refractivity contribution in [2.45, 2.75) is 50.0 Å². The number of aromatic nitrogens is 2. The van der Waals surface area contributed by atoms with Gasteiger partial charge in [0.2, 0.25) is 5.88 Å². The number of allylic oxidation sites excluding steroid dienone is 3. The second-order valence-corrected chi connectivity index (χ2v) is 7.40. The van der Waals surface area contributed by atoms with Crippen LogP contribution >= 0.6 is 0 Å². The zero-order valence-electron chi connectivity index (χ0n) is 15.8. The molecule has 2 aliphatic heterocycles. The van der Waals surface area contributed by atoms with Gasteiger partial charge in [-0.25, -0.2) is 4.79 Å². The Bertz CT molecular complexity index is 1120. The van der Waals surface area contributed by atoms with E-state index in [1.54, 1.807) is 0 Å². The summed E-state index contributed by atoms with van der Waals surface area (Å²) in [6.07, 6.45) is -0.347. The molecule has 0 spiro atoms.